The number of aryl methyl sites for hydroxylation is 1. The Morgan fingerprint density at radius 2 is 2.12 bits per heavy atom. The Morgan fingerprint density at radius 3 is 2.92 bits per heavy atom. The Kier molecular flexibility index (Phi) is 5.97. The third-order valence-electron chi connectivity index (χ3n) is 5.62. The molecule has 2 N–H and O–H groups in total. The zero-order valence-corrected chi connectivity index (χ0v) is 15.6. The van der Waals surface area contributed by atoms with Gasteiger partial charge in [-0.15, -0.1) is 0 Å². The van der Waals surface area contributed by atoms with Gasteiger partial charge < -0.3 is 9.64 Å². The second-order valence-corrected chi connectivity index (χ2v) is 7.72. The molecule has 1 amide bonds. The molecule has 0 spiro atoms. The highest BCUT2D eigenvalue weighted by molar-refractivity contribution is 5.79. The number of nitrogens with zero attached hydrogens (tertiary/aromatic N) is 1. The van der Waals surface area contributed by atoms with E-state index in [1.54, 1.807) is 0 Å². The normalized spacial score (nSPS) is 28.4. The van der Waals surface area contributed by atoms with Crippen molar-refractivity contribution in [2.24, 2.45) is 17.8 Å². The van der Waals surface area contributed by atoms with E-state index in [0.29, 0.717) is 18.4 Å². The lowest BCUT2D eigenvalue weighted by Crippen LogP contribution is -2.49. The van der Waals surface area contributed by atoms with Gasteiger partial charge in [-0.25, -0.2) is 0 Å². The van der Waals surface area contributed by atoms with E-state index in [-0.39, 0.29) is 17.9 Å². The molecule has 4 atom stereocenters. The fourth-order valence-electron chi connectivity index (χ4n) is 4.25. The predicted octanol–water partition coefficient (Wildman–Crippen LogP) is 2.36. The lowest BCUT2D eigenvalue weighted by molar-refractivity contribution is -0.137. The average Bonchev–Trinajstić information content (AvgIpc) is 3.06. The number of hydrogen-bond acceptors (Lipinski definition) is 4. The van der Waals surface area contributed by atoms with Crippen molar-refractivity contribution in [3.63, 3.8) is 0 Å². The maximum absolute atomic E-state index is 12.9. The van der Waals surface area contributed by atoms with Crippen molar-refractivity contribution in [2.45, 2.75) is 39.2 Å². The lowest BCUT2D eigenvalue weighted by atomic mass is 9.72. The minimum absolute atomic E-state index is 0.0889. The maximum Gasteiger partial charge on any atom is 0.227 e. The number of benzene rings is 1. The molecular weight excluding hydrogens is 314 g/mol. The predicted molar refractivity (Wildman–Crippen MR) is 99.2 cm³/mol. The first-order valence-electron chi connectivity index (χ1n) is 9.48. The fourth-order valence-corrected chi connectivity index (χ4v) is 4.25. The van der Waals surface area contributed by atoms with Crippen molar-refractivity contribution in [3.05, 3.63) is 29.8 Å². The maximum atomic E-state index is 12.9. The number of carbonyl (C=O) groups excluding carboxylic acids is 1. The number of hydrazine groups is 1. The van der Waals surface area contributed by atoms with Crippen LogP contribution in [0.1, 0.15) is 31.7 Å². The van der Waals surface area contributed by atoms with Crippen molar-refractivity contribution in [2.75, 3.05) is 26.7 Å². The van der Waals surface area contributed by atoms with Crippen LogP contribution in [0.3, 0.4) is 0 Å². The molecule has 25 heavy (non-hydrogen) atoms. The van der Waals surface area contributed by atoms with Crippen LogP contribution in [0.5, 0.6) is 5.75 Å². The molecular formula is C20H31N3O2. The molecule has 0 bridgehead atoms. The van der Waals surface area contributed by atoms with E-state index in [1.165, 1.54) is 6.42 Å². The summed E-state index contributed by atoms with van der Waals surface area (Å²) in [6.07, 6.45) is 3.04. The quantitative estimate of drug-likeness (QED) is 0.777. The molecule has 2 aliphatic rings. The molecule has 4 unspecified atom stereocenters. The second-order valence-electron chi connectivity index (χ2n) is 7.72. The number of para-hydroxylation sites is 1. The summed E-state index contributed by atoms with van der Waals surface area (Å²) >= 11 is 0. The van der Waals surface area contributed by atoms with Crippen LogP contribution in [0.4, 0.5) is 0 Å². The van der Waals surface area contributed by atoms with Crippen LogP contribution in [-0.4, -0.2) is 43.6 Å². The summed E-state index contributed by atoms with van der Waals surface area (Å²) in [6.45, 7) is 6.67. The summed E-state index contributed by atoms with van der Waals surface area (Å²) in [5.41, 5.74) is 7.73. The van der Waals surface area contributed by atoms with Gasteiger partial charge in [0.25, 0.3) is 0 Å². The Balaban J connectivity index is 1.46. The van der Waals surface area contributed by atoms with Crippen LogP contribution in [-0.2, 0) is 4.79 Å². The zero-order valence-electron chi connectivity index (χ0n) is 15.6. The minimum Gasteiger partial charge on any atom is -0.493 e. The largest absolute Gasteiger partial charge is 0.493 e. The molecule has 1 saturated carbocycles. The Morgan fingerprint density at radius 1 is 1.32 bits per heavy atom. The number of amides is 1. The highest BCUT2D eigenvalue weighted by Gasteiger charge is 2.43. The first-order chi connectivity index (χ1) is 12.1. The van der Waals surface area contributed by atoms with E-state index in [9.17, 15) is 4.79 Å². The van der Waals surface area contributed by atoms with Crippen LogP contribution in [0.15, 0.2) is 24.3 Å². The van der Waals surface area contributed by atoms with E-state index in [1.807, 2.05) is 43.1 Å². The van der Waals surface area contributed by atoms with Crippen molar-refractivity contribution in [3.8, 4) is 5.75 Å². The van der Waals surface area contributed by atoms with Gasteiger partial charge in [0.2, 0.25) is 5.91 Å². The molecule has 1 heterocycles. The molecule has 1 saturated heterocycles. The van der Waals surface area contributed by atoms with E-state index in [4.69, 9.17) is 4.74 Å². The van der Waals surface area contributed by atoms with Crippen molar-refractivity contribution in [1.82, 2.24) is 15.8 Å². The number of rotatable bonds is 6. The van der Waals surface area contributed by atoms with Gasteiger partial charge in [-0.05, 0) is 49.7 Å². The molecule has 1 aliphatic carbocycles. The van der Waals surface area contributed by atoms with E-state index < -0.39 is 0 Å². The second kappa shape index (κ2) is 8.19. The van der Waals surface area contributed by atoms with Crippen LogP contribution in [0, 0.1) is 24.7 Å². The van der Waals surface area contributed by atoms with Crippen LogP contribution >= 0.6 is 0 Å². The van der Waals surface area contributed by atoms with Gasteiger partial charge in [0, 0.05) is 26.2 Å². The SMILES string of the molecule is Cc1ccccc1OCCCN(C)C(=O)C1CC(C)CC2CNNC21. The summed E-state index contributed by atoms with van der Waals surface area (Å²) in [5.74, 6) is 2.49. The molecule has 1 aromatic rings. The lowest BCUT2D eigenvalue weighted by Gasteiger charge is -2.37. The van der Waals surface area contributed by atoms with Gasteiger partial charge in [-0.1, -0.05) is 25.1 Å². The van der Waals surface area contributed by atoms with Gasteiger partial charge >= 0.3 is 0 Å². The first kappa shape index (κ1) is 18.2. The molecule has 5 heteroatoms. The smallest absolute Gasteiger partial charge is 0.227 e. The summed E-state index contributed by atoms with van der Waals surface area (Å²) in [5, 5.41) is 0. The Bertz CT molecular complexity index is 592. The fraction of sp³-hybridized carbons (Fsp3) is 0.650. The molecule has 3 rings (SSSR count). The van der Waals surface area contributed by atoms with Crippen LogP contribution < -0.4 is 15.6 Å². The van der Waals surface area contributed by atoms with Gasteiger partial charge in [0.1, 0.15) is 5.75 Å². The average molecular weight is 345 g/mol. The van der Waals surface area contributed by atoms with Crippen LogP contribution in [0.2, 0.25) is 0 Å². The van der Waals surface area contributed by atoms with Crippen molar-refractivity contribution >= 4 is 5.91 Å². The molecule has 1 aliphatic heterocycles. The van der Waals surface area contributed by atoms with Crippen molar-refractivity contribution < 1.29 is 9.53 Å². The van der Waals surface area contributed by atoms with Gasteiger partial charge in [-0.3, -0.25) is 15.6 Å². The molecule has 1 aromatic carbocycles. The Labute approximate surface area is 151 Å². The minimum atomic E-state index is 0.0889. The molecule has 2 fully saturated rings. The number of hydrogen-bond donors (Lipinski definition) is 2. The first-order valence-corrected chi connectivity index (χ1v) is 9.48. The number of ether oxygens (including phenoxy) is 1. The monoisotopic (exact) mass is 345 g/mol. The number of nitrogens with one attached hydrogen (secondary N) is 2. The standard InChI is InChI=1S/C20H31N3O2/c1-14-11-16-13-21-22-19(16)17(12-14)20(24)23(3)9-6-10-25-18-8-5-4-7-15(18)2/h4-5,7-8,14,16-17,19,21-22H,6,9-13H2,1-3H3. The van der Waals surface area contributed by atoms with Gasteiger partial charge in [0.05, 0.1) is 12.5 Å². The molecule has 0 radical (unpaired) electrons. The highest BCUT2D eigenvalue weighted by Crippen LogP contribution is 2.35. The summed E-state index contributed by atoms with van der Waals surface area (Å²) < 4.78 is 5.84. The Hall–Kier alpha value is -1.59. The van der Waals surface area contributed by atoms with E-state index in [2.05, 4.69) is 17.8 Å². The highest BCUT2D eigenvalue weighted by atomic mass is 16.5. The van der Waals surface area contributed by atoms with E-state index in [0.717, 1.165) is 37.2 Å². The molecule has 0 aromatic heterocycles. The van der Waals surface area contributed by atoms with E-state index >= 15 is 0 Å². The third-order valence-corrected chi connectivity index (χ3v) is 5.62. The zero-order chi connectivity index (χ0) is 17.8. The van der Waals surface area contributed by atoms with Gasteiger partial charge in [-0.2, -0.15) is 0 Å². The summed E-state index contributed by atoms with van der Waals surface area (Å²) in [4.78, 5) is 14.8. The number of fused-ring (bicyclic) bond motifs is 1. The van der Waals surface area contributed by atoms with Gasteiger partial charge in [0.15, 0.2) is 0 Å². The summed E-state index contributed by atoms with van der Waals surface area (Å²) in [6, 6.07) is 8.33. The van der Waals surface area contributed by atoms with Crippen LogP contribution in [0.25, 0.3) is 0 Å². The molecule has 5 nitrogen and oxygen atoms in total. The number of carbonyl (C=O) groups is 1. The topological polar surface area (TPSA) is 53.6 Å². The summed E-state index contributed by atoms with van der Waals surface area (Å²) in [7, 11) is 1.92. The molecule has 138 valence electrons. The third kappa shape index (κ3) is 4.33. The van der Waals surface area contributed by atoms with Crippen molar-refractivity contribution in [1.29, 1.82) is 0 Å².